The van der Waals surface area contributed by atoms with Crippen molar-refractivity contribution in [1.29, 1.82) is 0 Å². The van der Waals surface area contributed by atoms with Gasteiger partial charge in [-0.1, -0.05) is 0 Å². The van der Waals surface area contributed by atoms with Gasteiger partial charge in [-0.2, -0.15) is 0 Å². The highest BCUT2D eigenvalue weighted by molar-refractivity contribution is 7.53. The molecule has 0 aromatic carbocycles. The predicted octanol–water partition coefficient (Wildman–Crippen LogP) is 0.302. The Hall–Kier alpha value is 0.660. The second-order valence-corrected chi connectivity index (χ2v) is 2.16. The summed E-state index contributed by atoms with van der Waals surface area (Å²) in [6.45, 7) is 0. The minimum absolute atomic E-state index is 2.92. The van der Waals surface area contributed by atoms with Crippen LogP contribution >= 0.6 is 17.2 Å². The molecule has 0 amide bonds. The smallest absolute Gasteiger partial charge is 0.326 e. The fourth-order valence-electron chi connectivity index (χ4n) is 0.0598. The lowest BCUT2D eigenvalue weighted by molar-refractivity contribution is 0.272. The summed E-state index contributed by atoms with van der Waals surface area (Å²) in [6, 6.07) is 0. The first-order chi connectivity index (χ1) is 3.13. The molecule has 5 nitrogen and oxygen atoms in total. The molecule has 0 spiro atoms. The van der Waals surface area contributed by atoms with E-state index in [0.717, 1.165) is 0 Å². The third-order valence-electron chi connectivity index (χ3n) is 0.140. The zero-order valence-corrected chi connectivity index (χ0v) is 4.80. The third kappa shape index (κ3) is 6.66. The van der Waals surface area contributed by atoms with Crippen LogP contribution in [0.5, 0.6) is 0 Å². The Morgan fingerprint density at radius 3 is 1.43 bits per heavy atom. The molecule has 0 aliphatic heterocycles. The van der Waals surface area contributed by atoms with Gasteiger partial charge in [0.2, 0.25) is 0 Å². The van der Waals surface area contributed by atoms with Crippen molar-refractivity contribution in [2.45, 2.75) is 0 Å². The highest BCUT2D eigenvalue weighted by Gasteiger charge is 2.09. The standard InChI is InChI=1S/H2O5P2/c1-6(2)5-7(3)4/h1,3H. The second-order valence-electron chi connectivity index (χ2n) is 0.557. The van der Waals surface area contributed by atoms with Crippen LogP contribution in [0.3, 0.4) is 0 Å². The maximum absolute atomic E-state index is 9.39. The van der Waals surface area contributed by atoms with Crippen LogP contribution < -0.4 is 0 Å². The zero-order valence-electron chi connectivity index (χ0n) is 3.01. The summed E-state index contributed by atoms with van der Waals surface area (Å²) in [5, 5.41) is 0. The van der Waals surface area contributed by atoms with E-state index in [4.69, 9.17) is 9.79 Å². The van der Waals surface area contributed by atoms with E-state index in [1.54, 1.807) is 0 Å². The van der Waals surface area contributed by atoms with E-state index >= 15 is 0 Å². The quantitative estimate of drug-likeness (QED) is 0.546. The molecule has 0 aliphatic carbocycles. The molecule has 0 rings (SSSR count). The third-order valence-corrected chi connectivity index (χ3v) is 1.26. The summed E-state index contributed by atoms with van der Waals surface area (Å²) >= 11 is 0. The van der Waals surface area contributed by atoms with Gasteiger partial charge in [0.25, 0.3) is 0 Å². The maximum atomic E-state index is 9.39. The van der Waals surface area contributed by atoms with Crippen molar-refractivity contribution in [2.75, 3.05) is 0 Å². The average Bonchev–Trinajstić information content (AvgIpc) is 1.27. The van der Waals surface area contributed by atoms with E-state index in [-0.39, 0.29) is 0 Å². The Balaban J connectivity index is 2.95. The van der Waals surface area contributed by atoms with Gasteiger partial charge in [-0.25, -0.2) is 4.31 Å². The summed E-state index contributed by atoms with van der Waals surface area (Å²) in [5.74, 6) is 0. The summed E-state index contributed by atoms with van der Waals surface area (Å²) in [4.78, 5) is 34.1. The number of hydrogen-bond donors (Lipinski definition) is 2. The van der Waals surface area contributed by atoms with Crippen molar-refractivity contribution in [3.8, 4) is 0 Å². The fraction of sp³-hybridized carbons (Fsp3) is 0. The molecule has 2 N–H and O–H groups in total. The van der Waals surface area contributed by atoms with Gasteiger partial charge in [0.15, 0.2) is 0 Å². The van der Waals surface area contributed by atoms with Crippen LogP contribution in [0.1, 0.15) is 0 Å². The fourth-order valence-corrected chi connectivity index (χ4v) is 0.538. The minimum atomic E-state index is -2.92. The van der Waals surface area contributed by atoms with Crippen molar-refractivity contribution < 1.29 is 23.9 Å². The molecular weight excluding hydrogens is 142 g/mol. The van der Waals surface area contributed by atoms with Crippen LogP contribution in [-0.4, -0.2) is 9.79 Å². The van der Waals surface area contributed by atoms with Crippen molar-refractivity contribution in [2.24, 2.45) is 0 Å². The largest absolute Gasteiger partial charge is 0.367 e. The van der Waals surface area contributed by atoms with Gasteiger partial charge in [-0.15, -0.1) is 9.79 Å². The zero-order chi connectivity index (χ0) is 5.86. The lowest BCUT2D eigenvalue weighted by Gasteiger charge is -1.96. The SMILES string of the molecule is [O]P(O)OP([O])O. The normalized spacial score (nSPS) is 11.1. The van der Waals surface area contributed by atoms with Crippen LogP contribution in [0.25, 0.3) is 0 Å². The molecule has 0 aromatic rings. The molecule has 42 valence electrons. The van der Waals surface area contributed by atoms with Crippen molar-refractivity contribution >= 4 is 17.2 Å². The molecule has 0 heterocycles. The molecule has 0 aromatic heterocycles. The van der Waals surface area contributed by atoms with Crippen LogP contribution in [0.2, 0.25) is 0 Å². The Morgan fingerprint density at radius 2 is 1.43 bits per heavy atom. The molecule has 0 saturated carbocycles. The molecule has 7 heavy (non-hydrogen) atoms. The van der Waals surface area contributed by atoms with Gasteiger partial charge < -0.3 is 9.79 Å². The Morgan fingerprint density at radius 1 is 1.14 bits per heavy atom. The van der Waals surface area contributed by atoms with Gasteiger partial charge in [0.05, 0.1) is 0 Å². The number of hydrogen-bond acceptors (Lipinski definition) is 3. The lowest BCUT2D eigenvalue weighted by Crippen LogP contribution is -1.70. The van der Waals surface area contributed by atoms with E-state index in [1.807, 2.05) is 0 Å². The molecule has 7 heteroatoms. The van der Waals surface area contributed by atoms with Crippen molar-refractivity contribution in [3.05, 3.63) is 0 Å². The number of rotatable bonds is 2. The molecule has 0 aliphatic rings. The van der Waals surface area contributed by atoms with E-state index in [1.165, 1.54) is 0 Å². The second kappa shape index (κ2) is 3.64. The van der Waals surface area contributed by atoms with Gasteiger partial charge in [-0.05, 0) is 0 Å². The predicted molar refractivity (Wildman–Crippen MR) is 20.7 cm³/mol. The molecule has 2 unspecified atom stereocenters. The summed E-state index contributed by atoms with van der Waals surface area (Å²) in [6.07, 6.45) is 0. The highest BCUT2D eigenvalue weighted by atomic mass is 31.2. The van der Waals surface area contributed by atoms with Gasteiger partial charge >= 0.3 is 17.2 Å². The average molecular weight is 144 g/mol. The summed E-state index contributed by atoms with van der Waals surface area (Å²) in [7, 11) is -5.85. The first kappa shape index (κ1) is 7.66. The van der Waals surface area contributed by atoms with E-state index in [0.29, 0.717) is 0 Å². The van der Waals surface area contributed by atoms with Crippen LogP contribution in [-0.2, 0) is 14.1 Å². The molecule has 0 bridgehead atoms. The Bertz CT molecular complexity index is 35.3. The van der Waals surface area contributed by atoms with Crippen molar-refractivity contribution in [1.82, 2.24) is 0 Å². The van der Waals surface area contributed by atoms with Crippen LogP contribution in [0.4, 0.5) is 0 Å². The van der Waals surface area contributed by atoms with Crippen LogP contribution in [0.15, 0.2) is 0 Å². The van der Waals surface area contributed by atoms with E-state index < -0.39 is 17.2 Å². The monoisotopic (exact) mass is 144 g/mol. The molecule has 0 saturated heterocycles. The Labute approximate surface area is 42.2 Å². The van der Waals surface area contributed by atoms with E-state index in [2.05, 4.69) is 4.31 Å². The van der Waals surface area contributed by atoms with E-state index in [9.17, 15) is 9.79 Å². The molecular formula is H2O5P2. The van der Waals surface area contributed by atoms with Gasteiger partial charge in [-0.3, -0.25) is 0 Å². The summed E-state index contributed by atoms with van der Waals surface area (Å²) in [5.41, 5.74) is 0. The Kier molecular flexibility index (Phi) is 3.98. The molecule has 0 fully saturated rings. The van der Waals surface area contributed by atoms with Crippen molar-refractivity contribution in [3.63, 3.8) is 0 Å². The van der Waals surface area contributed by atoms with Crippen LogP contribution in [0, 0.1) is 0 Å². The molecule has 2 radical (unpaired) electrons. The summed E-state index contributed by atoms with van der Waals surface area (Å²) < 4.78 is 3.38. The first-order valence-corrected chi connectivity index (χ1v) is 3.39. The first-order valence-electron chi connectivity index (χ1n) is 1.13. The maximum Gasteiger partial charge on any atom is 0.367 e. The minimum Gasteiger partial charge on any atom is -0.326 e. The van der Waals surface area contributed by atoms with Gasteiger partial charge in [0.1, 0.15) is 0 Å². The topological polar surface area (TPSA) is 89.5 Å². The molecule has 2 atom stereocenters. The highest BCUT2D eigenvalue weighted by Crippen LogP contribution is 2.43. The lowest BCUT2D eigenvalue weighted by atomic mass is 15.7. The van der Waals surface area contributed by atoms with Gasteiger partial charge in [0, 0.05) is 0 Å².